The number of rotatable bonds is 1. The van der Waals surface area contributed by atoms with E-state index in [0.717, 1.165) is 26.2 Å². The molecule has 2 saturated heterocycles. The zero-order chi connectivity index (χ0) is 12.7. The van der Waals surface area contributed by atoms with E-state index in [0.29, 0.717) is 17.4 Å². The maximum Gasteiger partial charge on any atom is 0.255 e. The molecule has 2 aliphatic heterocycles. The van der Waals surface area contributed by atoms with Crippen LogP contribution in [-0.2, 0) is 0 Å². The average Bonchev–Trinajstić information content (AvgIpc) is 2.87. The van der Waals surface area contributed by atoms with Gasteiger partial charge in [-0.2, -0.15) is 0 Å². The van der Waals surface area contributed by atoms with E-state index in [1.807, 2.05) is 4.90 Å². The highest BCUT2D eigenvalue weighted by Gasteiger charge is 2.38. The van der Waals surface area contributed by atoms with Crippen molar-refractivity contribution < 1.29 is 9.18 Å². The second-order valence-electron chi connectivity index (χ2n) is 5.01. The summed E-state index contributed by atoms with van der Waals surface area (Å²) in [6.45, 7) is 3.49. The molecular formula is C13H14ClFN2O. The molecule has 2 atom stereocenters. The summed E-state index contributed by atoms with van der Waals surface area (Å²) in [7, 11) is 0. The minimum atomic E-state index is -0.418. The molecule has 3 nitrogen and oxygen atoms in total. The number of hydrogen-bond donors (Lipinski definition) is 1. The zero-order valence-corrected chi connectivity index (χ0v) is 10.6. The smallest absolute Gasteiger partial charge is 0.255 e. The quantitative estimate of drug-likeness (QED) is 0.842. The number of nitrogens with one attached hydrogen (secondary N) is 1. The molecule has 1 amide bonds. The van der Waals surface area contributed by atoms with E-state index >= 15 is 0 Å². The van der Waals surface area contributed by atoms with Crippen molar-refractivity contribution in [2.45, 2.75) is 0 Å². The van der Waals surface area contributed by atoms with Crippen LogP contribution in [0, 0.1) is 17.7 Å². The van der Waals surface area contributed by atoms with Crippen LogP contribution < -0.4 is 5.32 Å². The molecule has 0 bridgehead atoms. The van der Waals surface area contributed by atoms with Crippen molar-refractivity contribution in [3.05, 3.63) is 34.6 Å². The molecule has 1 aromatic carbocycles. The van der Waals surface area contributed by atoms with Crippen LogP contribution in [0.2, 0.25) is 5.02 Å². The Morgan fingerprint density at radius 1 is 1.33 bits per heavy atom. The van der Waals surface area contributed by atoms with E-state index < -0.39 is 5.82 Å². The van der Waals surface area contributed by atoms with E-state index in [1.54, 1.807) is 0 Å². The number of hydrogen-bond acceptors (Lipinski definition) is 2. The summed E-state index contributed by atoms with van der Waals surface area (Å²) in [5.41, 5.74) is 0.394. The third kappa shape index (κ3) is 1.99. The van der Waals surface area contributed by atoms with Crippen LogP contribution in [0.5, 0.6) is 0 Å². The van der Waals surface area contributed by atoms with Crippen LogP contribution in [0.25, 0.3) is 0 Å². The topological polar surface area (TPSA) is 32.3 Å². The highest BCUT2D eigenvalue weighted by molar-refractivity contribution is 6.33. The standard InChI is InChI=1S/C13H14ClFN2O/c14-12-3-10(15)1-2-11(12)13(18)17-6-8-4-16-5-9(8)7-17/h1-3,8-9,16H,4-7H2. The summed E-state index contributed by atoms with van der Waals surface area (Å²) in [4.78, 5) is 14.1. The number of carbonyl (C=O) groups is 1. The van der Waals surface area contributed by atoms with E-state index in [1.165, 1.54) is 18.2 Å². The molecule has 96 valence electrons. The van der Waals surface area contributed by atoms with Gasteiger partial charge in [-0.1, -0.05) is 11.6 Å². The van der Waals surface area contributed by atoms with Crippen molar-refractivity contribution in [2.75, 3.05) is 26.2 Å². The van der Waals surface area contributed by atoms with Gasteiger partial charge in [0.25, 0.3) is 5.91 Å². The molecule has 18 heavy (non-hydrogen) atoms. The molecule has 3 rings (SSSR count). The van der Waals surface area contributed by atoms with Gasteiger partial charge >= 0.3 is 0 Å². The van der Waals surface area contributed by atoms with Gasteiger partial charge in [0.2, 0.25) is 0 Å². The summed E-state index contributed by atoms with van der Waals surface area (Å²) in [6, 6.07) is 3.93. The predicted molar refractivity (Wildman–Crippen MR) is 67.2 cm³/mol. The first kappa shape index (κ1) is 11.9. The van der Waals surface area contributed by atoms with Gasteiger partial charge < -0.3 is 10.2 Å². The Balaban J connectivity index is 1.79. The fourth-order valence-electron chi connectivity index (χ4n) is 2.85. The van der Waals surface area contributed by atoms with Gasteiger partial charge in [-0.25, -0.2) is 4.39 Å². The Bertz CT molecular complexity index is 482. The molecule has 2 heterocycles. The molecule has 0 radical (unpaired) electrons. The van der Waals surface area contributed by atoms with Crippen LogP contribution in [0.15, 0.2) is 18.2 Å². The summed E-state index contributed by atoms with van der Waals surface area (Å²) >= 11 is 5.92. The molecule has 2 aliphatic rings. The van der Waals surface area contributed by atoms with Crippen molar-refractivity contribution in [2.24, 2.45) is 11.8 Å². The number of carbonyl (C=O) groups excluding carboxylic acids is 1. The molecule has 2 fully saturated rings. The second kappa shape index (κ2) is 4.52. The highest BCUT2D eigenvalue weighted by atomic mass is 35.5. The Labute approximate surface area is 110 Å². The lowest BCUT2D eigenvalue weighted by Gasteiger charge is -2.18. The molecule has 5 heteroatoms. The van der Waals surface area contributed by atoms with Crippen LogP contribution in [0.1, 0.15) is 10.4 Å². The SMILES string of the molecule is O=C(c1ccc(F)cc1Cl)N1CC2CNCC2C1. The minimum absolute atomic E-state index is 0.0885. The van der Waals surface area contributed by atoms with Crippen LogP contribution in [0.3, 0.4) is 0 Å². The van der Waals surface area contributed by atoms with Crippen molar-refractivity contribution in [1.82, 2.24) is 10.2 Å². The molecular weight excluding hydrogens is 255 g/mol. The number of fused-ring (bicyclic) bond motifs is 1. The monoisotopic (exact) mass is 268 g/mol. The molecule has 0 saturated carbocycles. The normalized spacial score (nSPS) is 26.4. The fourth-order valence-corrected chi connectivity index (χ4v) is 3.10. The third-order valence-corrected chi connectivity index (χ3v) is 4.15. The lowest BCUT2D eigenvalue weighted by atomic mass is 10.0. The average molecular weight is 269 g/mol. The largest absolute Gasteiger partial charge is 0.338 e. The highest BCUT2D eigenvalue weighted by Crippen LogP contribution is 2.28. The zero-order valence-electron chi connectivity index (χ0n) is 9.83. The molecule has 2 unspecified atom stereocenters. The predicted octanol–water partition coefficient (Wildman–Crippen LogP) is 1.77. The van der Waals surface area contributed by atoms with Crippen molar-refractivity contribution >= 4 is 17.5 Å². The lowest BCUT2D eigenvalue weighted by molar-refractivity contribution is 0.0782. The van der Waals surface area contributed by atoms with Gasteiger partial charge in [0.05, 0.1) is 10.6 Å². The van der Waals surface area contributed by atoms with Gasteiger partial charge in [0.15, 0.2) is 0 Å². The summed E-state index contributed by atoms with van der Waals surface area (Å²) in [5.74, 6) is 0.592. The number of halogens is 2. The van der Waals surface area contributed by atoms with Crippen molar-refractivity contribution in [3.63, 3.8) is 0 Å². The first-order chi connectivity index (χ1) is 8.65. The van der Waals surface area contributed by atoms with Gasteiger partial charge in [0.1, 0.15) is 5.82 Å². The van der Waals surface area contributed by atoms with Gasteiger partial charge in [-0.3, -0.25) is 4.79 Å². The summed E-state index contributed by atoms with van der Waals surface area (Å²) < 4.78 is 13.0. The number of likely N-dealkylation sites (tertiary alicyclic amines) is 1. The fraction of sp³-hybridized carbons (Fsp3) is 0.462. The van der Waals surface area contributed by atoms with E-state index in [4.69, 9.17) is 11.6 Å². The Morgan fingerprint density at radius 3 is 2.61 bits per heavy atom. The van der Waals surface area contributed by atoms with Crippen molar-refractivity contribution in [1.29, 1.82) is 0 Å². The van der Waals surface area contributed by atoms with Gasteiger partial charge in [0, 0.05) is 26.2 Å². The second-order valence-corrected chi connectivity index (χ2v) is 5.42. The summed E-state index contributed by atoms with van der Waals surface area (Å²) in [6.07, 6.45) is 0. The lowest BCUT2D eigenvalue weighted by Crippen LogP contribution is -2.32. The third-order valence-electron chi connectivity index (χ3n) is 3.84. The maximum atomic E-state index is 13.0. The van der Waals surface area contributed by atoms with Crippen molar-refractivity contribution in [3.8, 4) is 0 Å². The Morgan fingerprint density at radius 2 is 2.00 bits per heavy atom. The van der Waals surface area contributed by atoms with E-state index in [9.17, 15) is 9.18 Å². The van der Waals surface area contributed by atoms with Crippen LogP contribution in [0.4, 0.5) is 4.39 Å². The first-order valence-corrected chi connectivity index (χ1v) is 6.48. The molecule has 0 aromatic heterocycles. The Kier molecular flexibility index (Phi) is 2.99. The van der Waals surface area contributed by atoms with Gasteiger partial charge in [-0.05, 0) is 30.0 Å². The van der Waals surface area contributed by atoms with E-state index in [2.05, 4.69) is 5.32 Å². The molecule has 1 N–H and O–H groups in total. The number of amides is 1. The molecule has 1 aromatic rings. The van der Waals surface area contributed by atoms with Gasteiger partial charge in [-0.15, -0.1) is 0 Å². The van der Waals surface area contributed by atoms with Crippen LogP contribution in [-0.4, -0.2) is 37.0 Å². The summed E-state index contributed by atoms with van der Waals surface area (Å²) in [5, 5.41) is 3.52. The Hall–Kier alpha value is -1.13. The maximum absolute atomic E-state index is 13.0. The number of nitrogens with zero attached hydrogens (tertiary/aromatic N) is 1. The van der Waals surface area contributed by atoms with Crippen LogP contribution >= 0.6 is 11.6 Å². The minimum Gasteiger partial charge on any atom is -0.338 e. The molecule has 0 spiro atoms. The van der Waals surface area contributed by atoms with E-state index in [-0.39, 0.29) is 10.9 Å². The molecule has 0 aliphatic carbocycles. The number of benzene rings is 1. The first-order valence-electron chi connectivity index (χ1n) is 6.10.